The highest BCUT2D eigenvalue weighted by atomic mass is 16.6. The van der Waals surface area contributed by atoms with Crippen molar-refractivity contribution < 1.29 is 9.53 Å². The number of hydrogen-bond acceptors (Lipinski definition) is 3. The van der Waals surface area contributed by atoms with E-state index in [1.165, 1.54) is 0 Å². The minimum absolute atomic E-state index is 0.0543. The molecule has 1 heterocycles. The van der Waals surface area contributed by atoms with Crippen molar-refractivity contribution in [2.45, 2.75) is 64.5 Å². The van der Waals surface area contributed by atoms with Crippen molar-refractivity contribution in [3.8, 4) is 0 Å². The van der Waals surface area contributed by atoms with Crippen molar-refractivity contribution in [1.82, 2.24) is 4.90 Å². The van der Waals surface area contributed by atoms with Crippen LogP contribution < -0.4 is 5.73 Å². The molecule has 0 spiro atoms. The van der Waals surface area contributed by atoms with Gasteiger partial charge in [-0.1, -0.05) is 6.92 Å². The summed E-state index contributed by atoms with van der Waals surface area (Å²) < 4.78 is 5.42. The summed E-state index contributed by atoms with van der Waals surface area (Å²) >= 11 is 0. The molecule has 1 saturated heterocycles. The zero-order valence-corrected chi connectivity index (χ0v) is 12.1. The first-order valence-electron chi connectivity index (χ1n) is 6.88. The molecule has 1 aliphatic heterocycles. The maximum Gasteiger partial charge on any atom is 0.410 e. The second kappa shape index (κ2) is 4.12. The molecule has 1 saturated carbocycles. The largest absolute Gasteiger partial charge is 0.444 e. The molecule has 0 aromatic heterocycles. The second-order valence-corrected chi connectivity index (χ2v) is 7.50. The fourth-order valence-corrected chi connectivity index (χ4v) is 2.84. The van der Waals surface area contributed by atoms with Gasteiger partial charge in [-0.15, -0.1) is 0 Å². The average molecular weight is 254 g/mol. The Kier molecular flexibility index (Phi) is 3.13. The molecular formula is C14H26N2O2. The van der Waals surface area contributed by atoms with E-state index >= 15 is 0 Å². The third-order valence-corrected chi connectivity index (χ3v) is 3.88. The molecule has 0 aromatic rings. The van der Waals surface area contributed by atoms with E-state index in [0.29, 0.717) is 0 Å². The fourth-order valence-electron chi connectivity index (χ4n) is 2.84. The van der Waals surface area contributed by atoms with E-state index in [4.69, 9.17) is 10.5 Å². The van der Waals surface area contributed by atoms with E-state index in [-0.39, 0.29) is 17.0 Å². The Hall–Kier alpha value is -0.770. The van der Waals surface area contributed by atoms with Gasteiger partial charge in [0.15, 0.2) is 0 Å². The van der Waals surface area contributed by atoms with Crippen LogP contribution in [0.2, 0.25) is 0 Å². The van der Waals surface area contributed by atoms with Crippen LogP contribution in [-0.4, -0.2) is 35.2 Å². The number of likely N-dealkylation sites (tertiary alicyclic amines) is 1. The van der Waals surface area contributed by atoms with Crippen molar-refractivity contribution in [3.05, 3.63) is 0 Å². The molecule has 2 fully saturated rings. The molecule has 4 nitrogen and oxygen atoms in total. The lowest BCUT2D eigenvalue weighted by molar-refractivity contribution is 0.0272. The van der Waals surface area contributed by atoms with E-state index in [9.17, 15) is 4.79 Å². The monoisotopic (exact) mass is 254 g/mol. The quantitative estimate of drug-likeness (QED) is 0.823. The second-order valence-electron chi connectivity index (χ2n) is 7.50. The van der Waals surface area contributed by atoms with Crippen molar-refractivity contribution in [2.75, 3.05) is 13.1 Å². The number of rotatable bonds is 2. The maximum absolute atomic E-state index is 12.0. The molecule has 2 N–H and O–H groups in total. The minimum Gasteiger partial charge on any atom is -0.444 e. The number of hydrogen-bond donors (Lipinski definition) is 1. The Labute approximate surface area is 110 Å². The number of carbonyl (C=O) groups excluding carboxylic acids is 1. The third kappa shape index (κ3) is 3.37. The van der Waals surface area contributed by atoms with Gasteiger partial charge in [-0.05, 0) is 51.9 Å². The molecule has 2 rings (SSSR count). The van der Waals surface area contributed by atoms with E-state index < -0.39 is 5.60 Å². The lowest BCUT2D eigenvalue weighted by Crippen LogP contribution is -2.38. The van der Waals surface area contributed by atoms with Gasteiger partial charge in [0.05, 0.1) is 0 Å². The van der Waals surface area contributed by atoms with Crippen LogP contribution in [0.25, 0.3) is 0 Å². The van der Waals surface area contributed by atoms with Crippen molar-refractivity contribution in [1.29, 1.82) is 0 Å². The molecule has 0 radical (unpaired) electrons. The number of amides is 1. The summed E-state index contributed by atoms with van der Waals surface area (Å²) in [7, 11) is 0. The fraction of sp³-hybridized carbons (Fsp3) is 0.929. The van der Waals surface area contributed by atoms with Gasteiger partial charge >= 0.3 is 6.09 Å². The number of ether oxygens (including phenoxy) is 1. The molecule has 104 valence electrons. The predicted octanol–water partition coefficient (Wildman–Crippen LogP) is 2.51. The molecule has 1 atom stereocenters. The van der Waals surface area contributed by atoms with Gasteiger partial charge in [-0.2, -0.15) is 0 Å². The van der Waals surface area contributed by atoms with Crippen molar-refractivity contribution in [2.24, 2.45) is 11.1 Å². The summed E-state index contributed by atoms with van der Waals surface area (Å²) in [5.41, 5.74) is 6.01. The van der Waals surface area contributed by atoms with Gasteiger partial charge in [0.1, 0.15) is 5.60 Å². The molecule has 4 heteroatoms. The maximum atomic E-state index is 12.0. The Morgan fingerprint density at radius 3 is 2.44 bits per heavy atom. The third-order valence-electron chi connectivity index (χ3n) is 3.88. The summed E-state index contributed by atoms with van der Waals surface area (Å²) in [5, 5.41) is 0. The highest BCUT2D eigenvalue weighted by Crippen LogP contribution is 2.46. The van der Waals surface area contributed by atoms with Crippen molar-refractivity contribution in [3.63, 3.8) is 0 Å². The van der Waals surface area contributed by atoms with Crippen LogP contribution in [0.5, 0.6) is 0 Å². The van der Waals surface area contributed by atoms with E-state index in [2.05, 4.69) is 6.92 Å². The number of nitrogens with two attached hydrogens (primary N) is 1. The zero-order valence-electron chi connectivity index (χ0n) is 12.1. The predicted molar refractivity (Wildman–Crippen MR) is 71.3 cm³/mol. The lowest BCUT2D eigenvalue weighted by Gasteiger charge is -2.29. The van der Waals surface area contributed by atoms with E-state index in [0.717, 1.165) is 38.8 Å². The zero-order chi connectivity index (χ0) is 13.6. The van der Waals surface area contributed by atoms with Gasteiger partial charge in [-0.3, -0.25) is 0 Å². The Morgan fingerprint density at radius 1 is 1.33 bits per heavy atom. The van der Waals surface area contributed by atoms with E-state index in [1.54, 1.807) is 0 Å². The lowest BCUT2D eigenvalue weighted by atomic mass is 9.82. The number of carbonyl (C=O) groups is 1. The van der Waals surface area contributed by atoms with Crippen LogP contribution in [0.3, 0.4) is 0 Å². The molecular weight excluding hydrogens is 228 g/mol. The van der Waals surface area contributed by atoms with Crippen LogP contribution in [0.4, 0.5) is 4.79 Å². The van der Waals surface area contributed by atoms with Crippen LogP contribution in [0.15, 0.2) is 0 Å². The van der Waals surface area contributed by atoms with Gasteiger partial charge in [0.2, 0.25) is 0 Å². The van der Waals surface area contributed by atoms with Gasteiger partial charge in [-0.25, -0.2) is 4.79 Å². The van der Waals surface area contributed by atoms with Crippen LogP contribution in [-0.2, 0) is 4.74 Å². The summed E-state index contributed by atoms with van der Waals surface area (Å²) in [4.78, 5) is 13.8. The Balaban J connectivity index is 1.89. The highest BCUT2D eigenvalue weighted by molar-refractivity contribution is 5.68. The van der Waals surface area contributed by atoms with Gasteiger partial charge < -0.3 is 15.4 Å². The Bertz CT molecular complexity index is 344. The standard InChI is InChI=1S/C14H26N2O2/c1-12(2,3)18-11(17)16-8-7-13(4,10-16)9-14(15)5-6-14/h5-10,15H2,1-4H3. The van der Waals surface area contributed by atoms with Gasteiger partial charge in [0.25, 0.3) is 0 Å². The van der Waals surface area contributed by atoms with Crippen molar-refractivity contribution >= 4 is 6.09 Å². The SMILES string of the molecule is CC1(CC2(N)CC2)CCN(C(=O)OC(C)(C)C)C1. The number of nitrogens with zero attached hydrogens (tertiary/aromatic N) is 1. The molecule has 0 bridgehead atoms. The summed E-state index contributed by atoms with van der Waals surface area (Å²) in [5.74, 6) is 0. The molecule has 1 aliphatic carbocycles. The highest BCUT2D eigenvalue weighted by Gasteiger charge is 2.47. The smallest absolute Gasteiger partial charge is 0.410 e. The molecule has 2 aliphatic rings. The van der Waals surface area contributed by atoms with Gasteiger partial charge in [0, 0.05) is 18.6 Å². The summed E-state index contributed by atoms with van der Waals surface area (Å²) in [6, 6.07) is 0. The first-order valence-corrected chi connectivity index (χ1v) is 6.88. The first-order chi connectivity index (χ1) is 8.11. The van der Waals surface area contributed by atoms with Crippen LogP contribution in [0.1, 0.15) is 53.4 Å². The topological polar surface area (TPSA) is 55.6 Å². The summed E-state index contributed by atoms with van der Waals surface area (Å²) in [6.07, 6.45) is 4.14. The molecule has 18 heavy (non-hydrogen) atoms. The van der Waals surface area contributed by atoms with Crippen LogP contribution >= 0.6 is 0 Å². The molecule has 1 unspecified atom stereocenters. The normalized spacial score (nSPS) is 30.4. The van der Waals surface area contributed by atoms with Crippen LogP contribution in [0, 0.1) is 5.41 Å². The minimum atomic E-state index is -0.415. The molecule has 1 amide bonds. The van der Waals surface area contributed by atoms with E-state index in [1.807, 2.05) is 25.7 Å². The average Bonchev–Trinajstić information content (AvgIpc) is 2.73. The Morgan fingerprint density at radius 2 is 1.94 bits per heavy atom. The summed E-state index contributed by atoms with van der Waals surface area (Å²) in [6.45, 7) is 9.52. The first kappa shape index (κ1) is 13.7. The molecule has 0 aromatic carbocycles.